The molecule has 0 amide bonds. The van der Waals surface area contributed by atoms with Crippen molar-refractivity contribution in [3.8, 4) is 0 Å². The number of halogens is 3. The molecule has 1 aromatic rings. The topological polar surface area (TPSA) is 0 Å². The maximum Gasteiger partial charge on any atom is 0.392 e. The van der Waals surface area contributed by atoms with Crippen LogP contribution in [0.5, 0.6) is 0 Å². The zero-order valence-electron chi connectivity index (χ0n) is 9.22. The SMILES string of the molecule is Cc1ccc(CC/C=C/CC(F)(F)F)cc1. The minimum atomic E-state index is -4.08. The molecule has 0 aliphatic rings. The van der Waals surface area contributed by atoms with Crippen LogP contribution in [0.25, 0.3) is 0 Å². The minimum absolute atomic E-state index is 0.652. The average Bonchev–Trinajstić information content (AvgIpc) is 2.19. The number of benzene rings is 1. The molecule has 1 rings (SSSR count). The predicted molar refractivity (Wildman–Crippen MR) is 59.3 cm³/mol. The fraction of sp³-hybridized carbons (Fsp3) is 0.385. The van der Waals surface area contributed by atoms with Crippen LogP contribution in [0.3, 0.4) is 0 Å². The Labute approximate surface area is 93.8 Å². The normalized spacial score (nSPS) is 12.2. The average molecular weight is 228 g/mol. The van der Waals surface area contributed by atoms with E-state index in [1.807, 2.05) is 31.2 Å². The molecule has 0 unspecified atom stereocenters. The van der Waals surface area contributed by atoms with Gasteiger partial charge in [-0.25, -0.2) is 0 Å². The van der Waals surface area contributed by atoms with Crippen LogP contribution < -0.4 is 0 Å². The zero-order valence-corrected chi connectivity index (χ0v) is 9.22. The lowest BCUT2D eigenvalue weighted by Crippen LogP contribution is -2.03. The van der Waals surface area contributed by atoms with Crippen LogP contribution in [0.1, 0.15) is 24.0 Å². The van der Waals surface area contributed by atoms with E-state index >= 15 is 0 Å². The van der Waals surface area contributed by atoms with Crippen molar-refractivity contribution in [1.82, 2.24) is 0 Å². The largest absolute Gasteiger partial charge is 0.392 e. The van der Waals surface area contributed by atoms with E-state index in [1.54, 1.807) is 6.08 Å². The van der Waals surface area contributed by atoms with E-state index in [0.717, 1.165) is 12.0 Å². The molecule has 0 N–H and O–H groups in total. The zero-order chi connectivity index (χ0) is 12.0. The van der Waals surface area contributed by atoms with Gasteiger partial charge in [0.15, 0.2) is 0 Å². The van der Waals surface area contributed by atoms with Crippen molar-refractivity contribution in [1.29, 1.82) is 0 Å². The highest BCUT2D eigenvalue weighted by Gasteiger charge is 2.24. The standard InChI is InChI=1S/C13H15F3/c1-11-6-8-12(9-7-11)5-3-2-4-10-13(14,15)16/h2,4,6-9H,3,5,10H2,1H3/b4-2+. The van der Waals surface area contributed by atoms with Gasteiger partial charge in [0.2, 0.25) is 0 Å². The van der Waals surface area contributed by atoms with Crippen LogP contribution in [-0.4, -0.2) is 6.18 Å². The van der Waals surface area contributed by atoms with Crippen LogP contribution in [0.2, 0.25) is 0 Å². The molecule has 0 fully saturated rings. The van der Waals surface area contributed by atoms with E-state index in [9.17, 15) is 13.2 Å². The van der Waals surface area contributed by atoms with Gasteiger partial charge in [0, 0.05) is 0 Å². The Morgan fingerprint density at radius 1 is 1.06 bits per heavy atom. The minimum Gasteiger partial charge on any atom is -0.171 e. The highest BCUT2D eigenvalue weighted by atomic mass is 19.4. The first-order valence-corrected chi connectivity index (χ1v) is 5.25. The molecule has 16 heavy (non-hydrogen) atoms. The molecule has 0 bridgehead atoms. The van der Waals surface area contributed by atoms with Crippen molar-refractivity contribution in [2.24, 2.45) is 0 Å². The number of hydrogen-bond acceptors (Lipinski definition) is 0. The molecule has 0 nitrogen and oxygen atoms in total. The van der Waals surface area contributed by atoms with Crippen LogP contribution >= 0.6 is 0 Å². The van der Waals surface area contributed by atoms with E-state index in [0.29, 0.717) is 6.42 Å². The van der Waals surface area contributed by atoms with Gasteiger partial charge in [-0.1, -0.05) is 42.0 Å². The summed E-state index contributed by atoms with van der Waals surface area (Å²) in [6, 6.07) is 8.03. The first-order chi connectivity index (χ1) is 7.47. The van der Waals surface area contributed by atoms with Crippen molar-refractivity contribution in [2.45, 2.75) is 32.4 Å². The molecule has 0 heterocycles. The Kier molecular flexibility index (Phi) is 4.59. The number of alkyl halides is 3. The molecule has 0 saturated heterocycles. The Hall–Kier alpha value is -1.25. The third-order valence-electron chi connectivity index (χ3n) is 2.24. The van der Waals surface area contributed by atoms with E-state index in [-0.39, 0.29) is 0 Å². The molecule has 3 heteroatoms. The second-order valence-electron chi connectivity index (χ2n) is 3.81. The summed E-state index contributed by atoms with van der Waals surface area (Å²) < 4.78 is 35.4. The van der Waals surface area contributed by atoms with Crippen LogP contribution in [0.4, 0.5) is 13.2 Å². The summed E-state index contributed by atoms with van der Waals surface area (Å²) in [5, 5.41) is 0. The van der Waals surface area contributed by atoms with Gasteiger partial charge in [0.05, 0.1) is 6.42 Å². The van der Waals surface area contributed by atoms with Crippen molar-refractivity contribution < 1.29 is 13.2 Å². The molecule has 0 radical (unpaired) electrons. The number of allylic oxidation sites excluding steroid dienone is 2. The molecule has 0 aliphatic carbocycles. The predicted octanol–water partition coefficient (Wildman–Crippen LogP) is 4.44. The van der Waals surface area contributed by atoms with Crippen molar-refractivity contribution in [3.63, 3.8) is 0 Å². The van der Waals surface area contributed by atoms with Gasteiger partial charge in [-0.3, -0.25) is 0 Å². The molecule has 88 valence electrons. The summed E-state index contributed by atoms with van der Waals surface area (Å²) in [5.74, 6) is 0. The molecule has 1 aromatic carbocycles. The maximum atomic E-state index is 11.8. The Morgan fingerprint density at radius 3 is 2.25 bits per heavy atom. The van der Waals surface area contributed by atoms with Gasteiger partial charge < -0.3 is 0 Å². The Bertz CT molecular complexity index is 333. The van der Waals surface area contributed by atoms with Crippen molar-refractivity contribution in [3.05, 3.63) is 47.5 Å². The third kappa shape index (κ3) is 5.59. The fourth-order valence-corrected chi connectivity index (χ4v) is 1.34. The number of rotatable bonds is 4. The summed E-state index contributed by atoms with van der Waals surface area (Å²) in [7, 11) is 0. The lowest BCUT2D eigenvalue weighted by Gasteiger charge is -2.01. The monoisotopic (exact) mass is 228 g/mol. The lowest BCUT2D eigenvalue weighted by molar-refractivity contribution is -0.125. The first-order valence-electron chi connectivity index (χ1n) is 5.25. The van der Waals surface area contributed by atoms with Gasteiger partial charge in [-0.15, -0.1) is 0 Å². The maximum absolute atomic E-state index is 11.8. The second-order valence-corrected chi connectivity index (χ2v) is 3.81. The van der Waals surface area contributed by atoms with Crippen molar-refractivity contribution >= 4 is 0 Å². The van der Waals surface area contributed by atoms with E-state index in [2.05, 4.69) is 0 Å². The van der Waals surface area contributed by atoms with E-state index < -0.39 is 12.6 Å². The molecule has 0 saturated carbocycles. The van der Waals surface area contributed by atoms with Crippen LogP contribution in [0, 0.1) is 6.92 Å². The Balaban J connectivity index is 2.28. The van der Waals surface area contributed by atoms with Gasteiger partial charge in [-0.2, -0.15) is 13.2 Å². The van der Waals surface area contributed by atoms with Gasteiger partial charge in [0.1, 0.15) is 0 Å². The molecule has 0 atom stereocenters. The van der Waals surface area contributed by atoms with Crippen molar-refractivity contribution in [2.75, 3.05) is 0 Å². The Morgan fingerprint density at radius 2 is 1.69 bits per heavy atom. The van der Waals surface area contributed by atoms with Crippen LogP contribution in [-0.2, 0) is 6.42 Å². The highest BCUT2D eigenvalue weighted by molar-refractivity contribution is 5.21. The third-order valence-corrected chi connectivity index (χ3v) is 2.24. The van der Waals surface area contributed by atoms with E-state index in [1.165, 1.54) is 11.6 Å². The number of hydrogen-bond donors (Lipinski definition) is 0. The van der Waals surface area contributed by atoms with Crippen LogP contribution in [0.15, 0.2) is 36.4 Å². The van der Waals surface area contributed by atoms with Gasteiger partial charge >= 0.3 is 6.18 Å². The fourth-order valence-electron chi connectivity index (χ4n) is 1.34. The second kappa shape index (κ2) is 5.73. The first kappa shape index (κ1) is 12.8. The quantitative estimate of drug-likeness (QED) is 0.668. The summed E-state index contributed by atoms with van der Waals surface area (Å²) >= 11 is 0. The molecule has 0 aromatic heterocycles. The highest BCUT2D eigenvalue weighted by Crippen LogP contribution is 2.19. The van der Waals surface area contributed by atoms with E-state index in [4.69, 9.17) is 0 Å². The molecule has 0 spiro atoms. The molecule has 0 aliphatic heterocycles. The summed E-state index contributed by atoms with van der Waals surface area (Å²) in [5.41, 5.74) is 2.35. The lowest BCUT2D eigenvalue weighted by atomic mass is 10.1. The van der Waals surface area contributed by atoms with Gasteiger partial charge in [0.25, 0.3) is 0 Å². The smallest absolute Gasteiger partial charge is 0.171 e. The number of aryl methyl sites for hydroxylation is 2. The molecular formula is C13H15F3. The summed E-state index contributed by atoms with van der Waals surface area (Å²) in [6.45, 7) is 2.01. The van der Waals surface area contributed by atoms with Gasteiger partial charge in [-0.05, 0) is 25.3 Å². The summed E-state index contributed by atoms with van der Waals surface area (Å²) in [4.78, 5) is 0. The molecular weight excluding hydrogens is 213 g/mol. The summed E-state index contributed by atoms with van der Waals surface area (Å²) in [6.07, 6.45) is -0.698.